The Morgan fingerprint density at radius 3 is 1.68 bits per heavy atom. The summed E-state index contributed by atoms with van der Waals surface area (Å²) in [6.45, 7) is -0.661. The van der Waals surface area contributed by atoms with Gasteiger partial charge in [-0.2, -0.15) is 0 Å². The summed E-state index contributed by atoms with van der Waals surface area (Å²) in [7, 11) is 0. The third-order valence-corrected chi connectivity index (χ3v) is 3.42. The van der Waals surface area contributed by atoms with E-state index in [4.69, 9.17) is 26.9 Å². The summed E-state index contributed by atoms with van der Waals surface area (Å²) >= 11 is 0. The fourth-order valence-electron chi connectivity index (χ4n) is 2.13. The van der Waals surface area contributed by atoms with Crippen molar-refractivity contribution in [1.29, 1.82) is 0 Å². The number of aliphatic hydroxyl groups excluding tert-OH is 4. The number of hydrogen-bond acceptors (Lipinski definition) is 6. The molecule has 120 valence electrons. The van der Waals surface area contributed by atoms with Gasteiger partial charge < -0.3 is 30.3 Å². The Hall–Kier alpha value is -1.54. The van der Waals surface area contributed by atoms with Gasteiger partial charge in [-0.05, 0) is 10.8 Å². The SMILES string of the molecule is [2H]C1(O)O[C@H](CO)[C@@H](O)[C@H](O)[C@H]1O.c1ccc2ccccc2c1. The summed E-state index contributed by atoms with van der Waals surface area (Å²) < 4.78 is 11.4. The average molecular weight is 309 g/mol. The molecule has 2 aromatic rings. The Morgan fingerprint density at radius 1 is 0.818 bits per heavy atom. The fraction of sp³-hybridized carbons (Fsp3) is 0.375. The maximum absolute atomic E-state index is 9.15. The van der Waals surface area contributed by atoms with Gasteiger partial charge in [0.1, 0.15) is 24.4 Å². The highest BCUT2D eigenvalue weighted by atomic mass is 16.6. The fourth-order valence-corrected chi connectivity index (χ4v) is 2.13. The van der Waals surface area contributed by atoms with Gasteiger partial charge in [-0.15, -0.1) is 0 Å². The van der Waals surface area contributed by atoms with E-state index in [2.05, 4.69) is 53.3 Å². The van der Waals surface area contributed by atoms with Crippen LogP contribution in [-0.4, -0.2) is 62.8 Å². The largest absolute Gasteiger partial charge is 0.394 e. The Bertz CT molecular complexity index is 567. The van der Waals surface area contributed by atoms with Crippen molar-refractivity contribution >= 4 is 10.8 Å². The van der Waals surface area contributed by atoms with Crippen molar-refractivity contribution in [2.24, 2.45) is 0 Å². The van der Waals surface area contributed by atoms with Gasteiger partial charge in [0.15, 0.2) is 6.27 Å². The highest BCUT2D eigenvalue weighted by Gasteiger charge is 2.42. The van der Waals surface area contributed by atoms with Crippen LogP contribution in [0.2, 0.25) is 0 Å². The summed E-state index contributed by atoms with van der Waals surface area (Å²) in [5, 5.41) is 47.6. The van der Waals surface area contributed by atoms with Crippen LogP contribution in [0.4, 0.5) is 0 Å². The van der Waals surface area contributed by atoms with Crippen LogP contribution in [0, 0.1) is 0 Å². The van der Waals surface area contributed by atoms with Crippen LogP contribution in [-0.2, 0) is 4.74 Å². The van der Waals surface area contributed by atoms with Gasteiger partial charge in [-0.1, -0.05) is 48.5 Å². The second kappa shape index (κ2) is 7.64. The molecule has 6 heteroatoms. The average Bonchev–Trinajstić information content (AvgIpc) is 2.57. The normalized spacial score (nSPS) is 35.4. The first-order chi connectivity index (χ1) is 10.9. The molecule has 1 saturated heterocycles. The molecule has 0 aliphatic carbocycles. The van der Waals surface area contributed by atoms with Crippen molar-refractivity contribution in [1.82, 2.24) is 0 Å². The second-order valence-corrected chi connectivity index (χ2v) is 4.95. The Labute approximate surface area is 129 Å². The summed E-state index contributed by atoms with van der Waals surface area (Å²) in [6.07, 6.45) is -9.14. The van der Waals surface area contributed by atoms with Gasteiger partial charge in [0.25, 0.3) is 0 Å². The van der Waals surface area contributed by atoms with Gasteiger partial charge in [0.2, 0.25) is 0 Å². The lowest BCUT2D eigenvalue weighted by Crippen LogP contribution is -2.58. The molecule has 5 atom stereocenters. The molecule has 1 aliphatic heterocycles. The van der Waals surface area contributed by atoms with E-state index in [9.17, 15) is 0 Å². The number of aliphatic hydroxyl groups is 5. The standard InChI is InChI=1S/C10H8.C6H12O6/c1-2-6-10-8-4-3-7-9(10)5-1;7-1-2-3(8)4(9)5(10)6(11)12-2/h1-8H;2-11H,1H2/t;2-,3-,4+,5-,6?/m.1/s1/i;6D. The predicted molar refractivity (Wildman–Crippen MR) is 79.9 cm³/mol. The molecule has 5 N–H and O–H groups in total. The van der Waals surface area contributed by atoms with Crippen LogP contribution in [0.15, 0.2) is 48.5 Å². The van der Waals surface area contributed by atoms with Crippen molar-refractivity contribution in [3.63, 3.8) is 0 Å². The molecule has 22 heavy (non-hydrogen) atoms. The van der Waals surface area contributed by atoms with Crippen molar-refractivity contribution in [3.8, 4) is 0 Å². The first-order valence-electron chi connectivity index (χ1n) is 7.36. The van der Waals surface area contributed by atoms with Crippen LogP contribution >= 0.6 is 0 Å². The van der Waals surface area contributed by atoms with Gasteiger partial charge in [-0.25, -0.2) is 0 Å². The van der Waals surface area contributed by atoms with E-state index >= 15 is 0 Å². The first-order valence-corrected chi connectivity index (χ1v) is 6.86. The molecule has 0 radical (unpaired) electrons. The number of rotatable bonds is 1. The van der Waals surface area contributed by atoms with E-state index in [1.807, 2.05) is 0 Å². The minimum absolute atomic E-state index is 0.661. The van der Waals surface area contributed by atoms with Crippen molar-refractivity contribution < 1.29 is 31.6 Å². The lowest BCUT2D eigenvalue weighted by molar-refractivity contribution is -0.286. The van der Waals surface area contributed by atoms with Crippen molar-refractivity contribution in [2.45, 2.75) is 30.7 Å². The van der Waals surface area contributed by atoms with Gasteiger partial charge in [-0.3, -0.25) is 0 Å². The molecule has 1 unspecified atom stereocenters. The molecular weight excluding hydrogens is 288 g/mol. The zero-order valence-electron chi connectivity index (χ0n) is 12.8. The molecule has 0 saturated carbocycles. The van der Waals surface area contributed by atoms with E-state index in [1.54, 1.807) is 0 Å². The highest BCUT2D eigenvalue weighted by Crippen LogP contribution is 2.19. The lowest BCUT2D eigenvalue weighted by atomic mass is 10.00. The van der Waals surface area contributed by atoms with Crippen LogP contribution in [0.1, 0.15) is 1.37 Å². The van der Waals surface area contributed by atoms with Crippen LogP contribution in [0.5, 0.6) is 0 Å². The first kappa shape index (κ1) is 15.4. The molecule has 0 bridgehead atoms. The second-order valence-electron chi connectivity index (χ2n) is 4.95. The molecule has 2 aromatic carbocycles. The van der Waals surface area contributed by atoms with Gasteiger partial charge in [0, 0.05) is 0 Å². The minimum atomic E-state index is -2.70. The number of benzene rings is 2. The van der Waals surface area contributed by atoms with E-state index in [1.165, 1.54) is 10.8 Å². The zero-order chi connectivity index (χ0) is 17.0. The minimum Gasteiger partial charge on any atom is -0.394 e. The molecule has 1 fully saturated rings. The number of hydrogen-bond donors (Lipinski definition) is 5. The highest BCUT2D eigenvalue weighted by molar-refractivity contribution is 5.81. The summed E-state index contributed by atoms with van der Waals surface area (Å²) in [5.74, 6) is 0. The summed E-state index contributed by atoms with van der Waals surface area (Å²) in [4.78, 5) is 0. The summed E-state index contributed by atoms with van der Waals surface area (Å²) in [6, 6.07) is 16.7. The number of fused-ring (bicyclic) bond motifs is 1. The van der Waals surface area contributed by atoms with E-state index in [-0.39, 0.29) is 0 Å². The Kier molecular flexibility index (Phi) is 5.33. The van der Waals surface area contributed by atoms with Crippen molar-refractivity contribution in [3.05, 3.63) is 48.5 Å². The topological polar surface area (TPSA) is 110 Å². The van der Waals surface area contributed by atoms with Crippen LogP contribution in [0.3, 0.4) is 0 Å². The Balaban J connectivity index is 0.000000172. The number of ether oxygens (including phenoxy) is 1. The molecule has 1 heterocycles. The smallest absolute Gasteiger partial charge is 0.184 e. The van der Waals surface area contributed by atoms with Crippen LogP contribution < -0.4 is 0 Å². The summed E-state index contributed by atoms with van der Waals surface area (Å²) in [5.41, 5.74) is 0. The molecule has 0 spiro atoms. The molecule has 1 aliphatic rings. The maximum Gasteiger partial charge on any atom is 0.184 e. The van der Waals surface area contributed by atoms with Crippen molar-refractivity contribution in [2.75, 3.05) is 6.61 Å². The molecule has 6 nitrogen and oxygen atoms in total. The molecular formula is C16H20O6. The quantitative estimate of drug-likeness (QED) is 0.491. The van der Waals surface area contributed by atoms with Crippen LogP contribution in [0.25, 0.3) is 10.8 Å². The molecule has 3 rings (SSSR count). The van der Waals surface area contributed by atoms with Gasteiger partial charge >= 0.3 is 0 Å². The van der Waals surface area contributed by atoms with E-state index < -0.39 is 37.3 Å². The monoisotopic (exact) mass is 309 g/mol. The third-order valence-electron chi connectivity index (χ3n) is 3.42. The zero-order valence-corrected chi connectivity index (χ0v) is 11.8. The third kappa shape index (κ3) is 3.80. The predicted octanol–water partition coefficient (Wildman–Crippen LogP) is -0.382. The Morgan fingerprint density at radius 2 is 1.27 bits per heavy atom. The lowest BCUT2D eigenvalue weighted by Gasteiger charge is -2.37. The van der Waals surface area contributed by atoms with E-state index in [0.717, 1.165) is 0 Å². The van der Waals surface area contributed by atoms with Gasteiger partial charge in [0.05, 0.1) is 7.98 Å². The maximum atomic E-state index is 9.15. The molecule has 0 aromatic heterocycles. The molecule has 0 amide bonds. The van der Waals surface area contributed by atoms with E-state index in [0.29, 0.717) is 0 Å².